The van der Waals surface area contributed by atoms with Crippen LogP contribution in [0.4, 0.5) is 11.4 Å². The lowest BCUT2D eigenvalue weighted by Gasteiger charge is -2.13. The molecule has 0 radical (unpaired) electrons. The summed E-state index contributed by atoms with van der Waals surface area (Å²) < 4.78 is 10.6. The number of carbonyl (C=O) groups is 2. The Morgan fingerprint density at radius 3 is 2.25 bits per heavy atom. The molecule has 0 saturated heterocycles. The van der Waals surface area contributed by atoms with Gasteiger partial charge in [0.25, 0.3) is 11.8 Å². The number of rotatable bonds is 8. The number of benzene rings is 3. The SMILES string of the molecule is COCCOc1ccccc1C(=O)NC(=S)Nc1cccc(NC(=O)c2ccccc2)c1. The van der Waals surface area contributed by atoms with E-state index in [9.17, 15) is 9.59 Å². The monoisotopic (exact) mass is 449 g/mol. The first-order valence-electron chi connectivity index (χ1n) is 9.86. The number of para-hydroxylation sites is 1. The largest absolute Gasteiger partial charge is 0.490 e. The molecule has 32 heavy (non-hydrogen) atoms. The molecule has 0 aliphatic heterocycles. The van der Waals surface area contributed by atoms with Crippen molar-refractivity contribution in [3.8, 4) is 5.75 Å². The van der Waals surface area contributed by atoms with Crippen molar-refractivity contribution >= 4 is 40.5 Å². The van der Waals surface area contributed by atoms with Gasteiger partial charge in [0.1, 0.15) is 12.4 Å². The zero-order chi connectivity index (χ0) is 22.8. The first kappa shape index (κ1) is 22.9. The topological polar surface area (TPSA) is 88.7 Å². The molecule has 7 nitrogen and oxygen atoms in total. The molecule has 0 heterocycles. The number of amides is 2. The molecule has 0 spiro atoms. The van der Waals surface area contributed by atoms with Crippen LogP contribution in [0, 0.1) is 0 Å². The Bertz CT molecular complexity index is 1090. The van der Waals surface area contributed by atoms with Crippen LogP contribution >= 0.6 is 12.2 Å². The van der Waals surface area contributed by atoms with Crippen molar-refractivity contribution in [3.63, 3.8) is 0 Å². The van der Waals surface area contributed by atoms with Crippen LogP contribution in [0.3, 0.4) is 0 Å². The van der Waals surface area contributed by atoms with Crippen LogP contribution in [0.5, 0.6) is 5.75 Å². The Kier molecular flexibility index (Phi) is 8.30. The minimum absolute atomic E-state index is 0.119. The predicted molar refractivity (Wildman–Crippen MR) is 128 cm³/mol. The standard InChI is InChI=1S/C24H23N3O4S/c1-30-14-15-31-21-13-6-5-12-20(21)23(29)27-24(32)26-19-11-7-10-18(16-19)25-22(28)17-8-3-2-4-9-17/h2-13,16H,14-15H2,1H3,(H,25,28)(H2,26,27,29,32). The molecule has 0 atom stereocenters. The molecule has 3 N–H and O–H groups in total. The smallest absolute Gasteiger partial charge is 0.261 e. The molecular formula is C24H23N3O4S. The number of hydrogen-bond donors (Lipinski definition) is 3. The molecule has 8 heteroatoms. The zero-order valence-electron chi connectivity index (χ0n) is 17.5. The first-order valence-corrected chi connectivity index (χ1v) is 10.3. The normalized spacial score (nSPS) is 10.2. The first-order chi connectivity index (χ1) is 15.6. The van der Waals surface area contributed by atoms with E-state index in [1.807, 2.05) is 6.07 Å². The zero-order valence-corrected chi connectivity index (χ0v) is 18.3. The second-order valence-corrected chi connectivity index (χ2v) is 7.05. The molecule has 0 aromatic heterocycles. The second-order valence-electron chi connectivity index (χ2n) is 6.65. The molecule has 0 fully saturated rings. The Hall–Kier alpha value is -3.75. The highest BCUT2D eigenvalue weighted by molar-refractivity contribution is 7.80. The van der Waals surface area contributed by atoms with E-state index in [0.717, 1.165) is 0 Å². The van der Waals surface area contributed by atoms with Crippen LogP contribution in [0.1, 0.15) is 20.7 Å². The molecule has 0 aliphatic rings. The van der Waals surface area contributed by atoms with Gasteiger partial charge in [-0.15, -0.1) is 0 Å². The summed E-state index contributed by atoms with van der Waals surface area (Å²) in [5.74, 6) is -0.178. The third kappa shape index (κ3) is 6.63. The van der Waals surface area contributed by atoms with Crippen LogP contribution in [0.2, 0.25) is 0 Å². The summed E-state index contributed by atoms with van der Waals surface area (Å²) in [6.45, 7) is 0.734. The van der Waals surface area contributed by atoms with E-state index in [0.29, 0.717) is 41.5 Å². The number of nitrogens with one attached hydrogen (secondary N) is 3. The molecule has 0 saturated carbocycles. The molecule has 3 aromatic rings. The van der Waals surface area contributed by atoms with E-state index in [4.69, 9.17) is 21.7 Å². The minimum Gasteiger partial charge on any atom is -0.490 e. The highest BCUT2D eigenvalue weighted by Gasteiger charge is 2.14. The molecule has 0 unspecified atom stereocenters. The predicted octanol–water partition coefficient (Wildman–Crippen LogP) is 4.09. The van der Waals surface area contributed by atoms with Gasteiger partial charge in [-0.3, -0.25) is 14.9 Å². The van der Waals surface area contributed by atoms with Crippen LogP contribution < -0.4 is 20.7 Å². The van der Waals surface area contributed by atoms with Gasteiger partial charge in [-0.1, -0.05) is 36.4 Å². The van der Waals surface area contributed by atoms with Crippen LogP contribution in [0.25, 0.3) is 0 Å². The van der Waals surface area contributed by atoms with Gasteiger partial charge in [-0.05, 0) is 54.7 Å². The third-order valence-corrected chi connectivity index (χ3v) is 4.52. The Balaban J connectivity index is 1.60. The highest BCUT2D eigenvalue weighted by atomic mass is 32.1. The Labute approximate surface area is 191 Å². The van der Waals surface area contributed by atoms with Crippen molar-refractivity contribution in [1.82, 2.24) is 5.32 Å². The average molecular weight is 450 g/mol. The van der Waals surface area contributed by atoms with Crippen molar-refractivity contribution < 1.29 is 19.1 Å². The maximum absolute atomic E-state index is 12.7. The van der Waals surface area contributed by atoms with Crippen molar-refractivity contribution in [2.75, 3.05) is 31.0 Å². The number of ether oxygens (including phenoxy) is 2. The van der Waals surface area contributed by atoms with Gasteiger partial charge in [-0.2, -0.15) is 0 Å². The number of methoxy groups -OCH3 is 1. The molecule has 164 valence electrons. The summed E-state index contributed by atoms with van der Waals surface area (Å²) in [6, 6.07) is 22.8. The summed E-state index contributed by atoms with van der Waals surface area (Å²) in [4.78, 5) is 25.0. The molecule has 0 aliphatic carbocycles. The van der Waals surface area contributed by atoms with Crippen molar-refractivity contribution in [2.45, 2.75) is 0 Å². The van der Waals surface area contributed by atoms with Gasteiger partial charge in [-0.25, -0.2) is 0 Å². The lowest BCUT2D eigenvalue weighted by atomic mass is 10.2. The molecule has 3 rings (SSSR count). The number of carbonyl (C=O) groups excluding carboxylic acids is 2. The summed E-state index contributed by atoms with van der Waals surface area (Å²) in [7, 11) is 1.58. The highest BCUT2D eigenvalue weighted by Crippen LogP contribution is 2.19. The maximum atomic E-state index is 12.7. The fourth-order valence-corrected chi connectivity index (χ4v) is 3.03. The van der Waals surface area contributed by atoms with Gasteiger partial charge >= 0.3 is 0 Å². The minimum atomic E-state index is -0.399. The third-order valence-electron chi connectivity index (χ3n) is 4.32. The van der Waals surface area contributed by atoms with Gasteiger partial charge in [0, 0.05) is 24.0 Å². The summed E-state index contributed by atoms with van der Waals surface area (Å²) in [5.41, 5.74) is 2.12. The van der Waals surface area contributed by atoms with Crippen molar-refractivity contribution in [1.29, 1.82) is 0 Å². The fraction of sp³-hybridized carbons (Fsp3) is 0.125. The average Bonchev–Trinajstić information content (AvgIpc) is 2.80. The lowest BCUT2D eigenvalue weighted by molar-refractivity contribution is 0.0968. The van der Waals surface area contributed by atoms with E-state index in [2.05, 4.69) is 16.0 Å². The van der Waals surface area contributed by atoms with Gasteiger partial charge in [0.05, 0.1) is 12.2 Å². The van der Waals surface area contributed by atoms with Gasteiger partial charge in [0.15, 0.2) is 5.11 Å². The summed E-state index contributed by atoms with van der Waals surface area (Å²) in [5, 5.41) is 8.55. The number of hydrogen-bond acceptors (Lipinski definition) is 5. The molecule has 0 bridgehead atoms. The van der Waals surface area contributed by atoms with Gasteiger partial charge in [0.2, 0.25) is 0 Å². The van der Waals surface area contributed by atoms with Gasteiger partial charge < -0.3 is 20.1 Å². The molecule has 3 aromatic carbocycles. The second kappa shape index (κ2) is 11.6. The quantitative estimate of drug-likeness (QED) is 0.355. The van der Waals surface area contributed by atoms with Crippen LogP contribution in [0.15, 0.2) is 78.9 Å². The van der Waals surface area contributed by atoms with Crippen molar-refractivity contribution in [3.05, 3.63) is 90.0 Å². The van der Waals surface area contributed by atoms with E-state index in [-0.39, 0.29) is 11.0 Å². The Morgan fingerprint density at radius 2 is 1.50 bits per heavy atom. The maximum Gasteiger partial charge on any atom is 0.261 e. The van der Waals surface area contributed by atoms with Crippen molar-refractivity contribution in [2.24, 2.45) is 0 Å². The van der Waals surface area contributed by atoms with E-state index < -0.39 is 5.91 Å². The van der Waals surface area contributed by atoms with E-state index in [1.54, 1.807) is 79.9 Å². The Morgan fingerprint density at radius 1 is 0.812 bits per heavy atom. The fourth-order valence-electron chi connectivity index (χ4n) is 2.82. The summed E-state index contributed by atoms with van der Waals surface area (Å²) in [6.07, 6.45) is 0. The van der Waals surface area contributed by atoms with E-state index >= 15 is 0 Å². The van der Waals surface area contributed by atoms with E-state index in [1.165, 1.54) is 0 Å². The lowest BCUT2D eigenvalue weighted by Crippen LogP contribution is -2.34. The number of anilines is 2. The molecular weight excluding hydrogens is 426 g/mol. The van der Waals surface area contributed by atoms with Crippen LogP contribution in [-0.2, 0) is 4.74 Å². The van der Waals surface area contributed by atoms with Crippen LogP contribution in [-0.4, -0.2) is 37.3 Å². The summed E-state index contributed by atoms with van der Waals surface area (Å²) >= 11 is 5.28. The molecule has 2 amide bonds. The number of thiocarbonyl (C=S) groups is 1.